The van der Waals surface area contributed by atoms with Gasteiger partial charge in [-0.25, -0.2) is 4.79 Å². The number of nitrogens with zero attached hydrogens (tertiary/aromatic N) is 2. The number of hydrogen-bond acceptors (Lipinski definition) is 3. The molecule has 1 aliphatic rings. The van der Waals surface area contributed by atoms with E-state index in [1.165, 1.54) is 0 Å². The number of likely N-dealkylation sites (N-methyl/N-ethyl adjacent to an activating group) is 2. The molecule has 0 aliphatic carbocycles. The summed E-state index contributed by atoms with van der Waals surface area (Å²) in [6.45, 7) is 5.55. The fourth-order valence-corrected chi connectivity index (χ4v) is 2.39. The molecule has 1 aliphatic heterocycles. The second-order valence-corrected chi connectivity index (χ2v) is 4.99. The minimum atomic E-state index is -0.230. The Kier molecular flexibility index (Phi) is 4.80. The van der Waals surface area contributed by atoms with E-state index in [2.05, 4.69) is 11.8 Å². The molecule has 0 N–H and O–H groups in total. The number of benzene rings is 1. The average Bonchev–Trinajstić information content (AvgIpc) is 2.94. The van der Waals surface area contributed by atoms with Crippen molar-refractivity contribution in [3.8, 4) is 0 Å². The van der Waals surface area contributed by atoms with Crippen molar-refractivity contribution in [3.05, 3.63) is 35.9 Å². The van der Waals surface area contributed by atoms with Crippen LogP contribution in [0.15, 0.2) is 30.3 Å². The smallest absolute Gasteiger partial charge is 0.410 e. The summed E-state index contributed by atoms with van der Waals surface area (Å²) in [5, 5.41) is 0. The second kappa shape index (κ2) is 6.57. The van der Waals surface area contributed by atoms with Gasteiger partial charge in [-0.2, -0.15) is 0 Å². The van der Waals surface area contributed by atoms with E-state index in [9.17, 15) is 4.79 Å². The molecule has 0 unspecified atom stereocenters. The molecule has 0 saturated carbocycles. The highest BCUT2D eigenvalue weighted by atomic mass is 16.6. The molecular weight excluding hydrogens is 240 g/mol. The summed E-state index contributed by atoms with van der Waals surface area (Å²) in [6.07, 6.45) is 0.803. The van der Waals surface area contributed by atoms with Gasteiger partial charge in [0.1, 0.15) is 6.61 Å². The topological polar surface area (TPSA) is 32.8 Å². The van der Waals surface area contributed by atoms with Crippen molar-refractivity contribution in [1.29, 1.82) is 0 Å². The Hall–Kier alpha value is -1.55. The highest BCUT2D eigenvalue weighted by Gasteiger charge is 2.28. The Morgan fingerprint density at radius 3 is 2.79 bits per heavy atom. The molecule has 1 fully saturated rings. The summed E-state index contributed by atoms with van der Waals surface area (Å²) in [6, 6.07) is 10.0. The molecule has 0 aromatic heterocycles. The minimum Gasteiger partial charge on any atom is -0.445 e. The van der Waals surface area contributed by atoms with E-state index in [1.807, 2.05) is 37.4 Å². The van der Waals surface area contributed by atoms with Gasteiger partial charge in [0.2, 0.25) is 0 Å². The molecule has 1 amide bonds. The van der Waals surface area contributed by atoms with Crippen molar-refractivity contribution >= 4 is 6.09 Å². The number of carbonyl (C=O) groups excluding carboxylic acids is 1. The van der Waals surface area contributed by atoms with Crippen molar-refractivity contribution in [2.45, 2.75) is 26.0 Å². The van der Waals surface area contributed by atoms with Crippen LogP contribution in [0.3, 0.4) is 0 Å². The Labute approximate surface area is 115 Å². The quantitative estimate of drug-likeness (QED) is 0.835. The maximum absolute atomic E-state index is 12.0. The molecule has 0 radical (unpaired) electrons. The van der Waals surface area contributed by atoms with E-state index < -0.39 is 0 Å². The third-order valence-corrected chi connectivity index (χ3v) is 3.74. The summed E-state index contributed by atoms with van der Waals surface area (Å²) in [7, 11) is 1.83. The van der Waals surface area contributed by atoms with Crippen LogP contribution >= 0.6 is 0 Å². The molecule has 1 aromatic carbocycles. The lowest BCUT2D eigenvalue weighted by Gasteiger charge is -2.24. The molecule has 19 heavy (non-hydrogen) atoms. The number of ether oxygens (including phenoxy) is 1. The summed E-state index contributed by atoms with van der Waals surface area (Å²) in [5.41, 5.74) is 1.02. The first-order valence-electron chi connectivity index (χ1n) is 6.86. The van der Waals surface area contributed by atoms with Crippen molar-refractivity contribution in [3.63, 3.8) is 0 Å². The number of rotatable bonds is 4. The first kappa shape index (κ1) is 13.9. The number of hydrogen-bond donors (Lipinski definition) is 0. The summed E-state index contributed by atoms with van der Waals surface area (Å²) >= 11 is 0. The van der Waals surface area contributed by atoms with Crippen LogP contribution in [0.5, 0.6) is 0 Å². The number of amides is 1. The molecule has 1 saturated heterocycles. The van der Waals surface area contributed by atoms with Crippen LogP contribution in [-0.4, -0.2) is 48.6 Å². The Morgan fingerprint density at radius 1 is 1.42 bits per heavy atom. The highest BCUT2D eigenvalue weighted by Crippen LogP contribution is 2.15. The van der Waals surface area contributed by atoms with Gasteiger partial charge in [-0.1, -0.05) is 37.3 Å². The van der Waals surface area contributed by atoms with Gasteiger partial charge < -0.3 is 14.5 Å². The van der Waals surface area contributed by atoms with E-state index in [0.29, 0.717) is 6.61 Å². The first-order valence-corrected chi connectivity index (χ1v) is 6.86. The Morgan fingerprint density at radius 2 is 2.16 bits per heavy atom. The summed E-state index contributed by atoms with van der Waals surface area (Å²) in [5.74, 6) is 0. The maximum atomic E-state index is 12.0. The van der Waals surface area contributed by atoms with Crippen molar-refractivity contribution in [2.75, 3.05) is 26.7 Å². The molecule has 4 heteroatoms. The van der Waals surface area contributed by atoms with E-state index in [1.54, 1.807) is 4.90 Å². The van der Waals surface area contributed by atoms with Crippen LogP contribution in [0.2, 0.25) is 0 Å². The first-order chi connectivity index (χ1) is 9.20. The van der Waals surface area contributed by atoms with Crippen LogP contribution in [0.4, 0.5) is 4.79 Å². The third kappa shape index (κ3) is 3.70. The van der Waals surface area contributed by atoms with Gasteiger partial charge in [0.05, 0.1) is 0 Å². The highest BCUT2D eigenvalue weighted by molar-refractivity contribution is 5.67. The van der Waals surface area contributed by atoms with Crippen LogP contribution in [-0.2, 0) is 11.3 Å². The minimum absolute atomic E-state index is 0.230. The van der Waals surface area contributed by atoms with Gasteiger partial charge >= 0.3 is 6.09 Å². The fraction of sp³-hybridized carbons (Fsp3) is 0.533. The van der Waals surface area contributed by atoms with Gasteiger partial charge in [-0.3, -0.25) is 0 Å². The van der Waals surface area contributed by atoms with Crippen LogP contribution in [0, 0.1) is 0 Å². The van der Waals surface area contributed by atoms with Crippen molar-refractivity contribution in [2.24, 2.45) is 0 Å². The largest absolute Gasteiger partial charge is 0.445 e. The monoisotopic (exact) mass is 262 g/mol. The lowest BCUT2D eigenvalue weighted by Crippen LogP contribution is -2.39. The third-order valence-electron chi connectivity index (χ3n) is 3.74. The zero-order valence-electron chi connectivity index (χ0n) is 11.7. The van der Waals surface area contributed by atoms with Crippen LogP contribution in [0.25, 0.3) is 0 Å². The lowest BCUT2D eigenvalue weighted by molar-refractivity contribution is 0.0918. The molecule has 1 aromatic rings. The number of carbonyl (C=O) groups is 1. The average molecular weight is 262 g/mol. The summed E-state index contributed by atoms with van der Waals surface area (Å²) < 4.78 is 5.34. The fourth-order valence-electron chi connectivity index (χ4n) is 2.39. The number of likely N-dealkylation sites (tertiary alicyclic amines) is 1. The normalized spacial score (nSPS) is 19.4. The molecule has 1 atom stereocenters. The van der Waals surface area contributed by atoms with Crippen molar-refractivity contribution in [1.82, 2.24) is 9.80 Å². The maximum Gasteiger partial charge on any atom is 0.410 e. The van der Waals surface area contributed by atoms with Gasteiger partial charge in [-0.05, 0) is 18.5 Å². The molecule has 4 nitrogen and oxygen atoms in total. The standard InChI is InChI=1S/C15H22N2O2/c1-3-17-10-9-14(11-17)16(2)15(18)19-12-13-7-5-4-6-8-13/h4-8,14H,3,9-12H2,1-2H3/t14-/m0/s1. The van der Waals surface area contributed by atoms with E-state index >= 15 is 0 Å². The van der Waals surface area contributed by atoms with E-state index in [4.69, 9.17) is 4.74 Å². The lowest BCUT2D eigenvalue weighted by atomic mass is 10.2. The molecule has 0 bridgehead atoms. The second-order valence-electron chi connectivity index (χ2n) is 4.99. The van der Waals surface area contributed by atoms with Gasteiger partial charge in [-0.15, -0.1) is 0 Å². The van der Waals surface area contributed by atoms with E-state index in [0.717, 1.165) is 31.6 Å². The predicted octanol–water partition coefficient (Wildman–Crippen LogP) is 2.35. The van der Waals surface area contributed by atoms with E-state index in [-0.39, 0.29) is 12.1 Å². The van der Waals surface area contributed by atoms with Crippen molar-refractivity contribution < 1.29 is 9.53 Å². The zero-order chi connectivity index (χ0) is 13.7. The molecule has 2 rings (SSSR count). The predicted molar refractivity (Wildman–Crippen MR) is 74.9 cm³/mol. The van der Waals surface area contributed by atoms with Gasteiger partial charge in [0.25, 0.3) is 0 Å². The summed E-state index contributed by atoms with van der Waals surface area (Å²) in [4.78, 5) is 16.1. The van der Waals surface area contributed by atoms with Crippen LogP contribution in [0.1, 0.15) is 18.9 Å². The van der Waals surface area contributed by atoms with Gasteiger partial charge in [0, 0.05) is 26.2 Å². The van der Waals surface area contributed by atoms with Crippen LogP contribution < -0.4 is 0 Å². The molecular formula is C15H22N2O2. The SMILES string of the molecule is CCN1CC[C@H](N(C)C(=O)OCc2ccccc2)C1. The molecule has 104 valence electrons. The Balaban J connectivity index is 1.80. The molecule has 1 heterocycles. The Bertz CT molecular complexity index is 408. The van der Waals surface area contributed by atoms with Gasteiger partial charge in [0.15, 0.2) is 0 Å². The molecule has 0 spiro atoms. The zero-order valence-corrected chi connectivity index (χ0v) is 11.7.